The molecule has 0 saturated carbocycles. The molecule has 3 heterocycles. The number of para-hydroxylation sites is 1. The number of hydrogen-bond acceptors (Lipinski definition) is 6. The van der Waals surface area contributed by atoms with Crippen molar-refractivity contribution in [3.8, 4) is 11.5 Å². The Bertz CT molecular complexity index is 1210. The molecule has 0 aliphatic carbocycles. The number of ketones is 1. The maximum atomic E-state index is 13.0. The lowest BCUT2D eigenvalue weighted by Crippen LogP contribution is -2.30. The average Bonchev–Trinajstić information content (AvgIpc) is 2.80. The fourth-order valence-corrected chi connectivity index (χ4v) is 4.27. The zero-order valence-corrected chi connectivity index (χ0v) is 16.8. The van der Waals surface area contributed by atoms with E-state index in [4.69, 9.17) is 9.47 Å². The molecule has 6 heteroatoms. The van der Waals surface area contributed by atoms with Gasteiger partial charge in [-0.1, -0.05) is 42.1 Å². The third-order valence-electron chi connectivity index (χ3n) is 4.84. The van der Waals surface area contributed by atoms with E-state index in [0.29, 0.717) is 30.3 Å². The summed E-state index contributed by atoms with van der Waals surface area (Å²) in [6, 6.07) is 23.0. The molecule has 0 N–H and O–H groups in total. The summed E-state index contributed by atoms with van der Waals surface area (Å²) >= 11 is 1.42. The van der Waals surface area contributed by atoms with Gasteiger partial charge in [-0.25, -0.2) is 9.97 Å². The molecule has 0 spiro atoms. The Morgan fingerprint density at radius 2 is 1.93 bits per heavy atom. The molecule has 4 aromatic rings. The van der Waals surface area contributed by atoms with Crippen molar-refractivity contribution in [3.05, 3.63) is 90.3 Å². The van der Waals surface area contributed by atoms with E-state index < -0.39 is 0 Å². The van der Waals surface area contributed by atoms with E-state index in [-0.39, 0.29) is 11.0 Å². The van der Waals surface area contributed by atoms with Crippen molar-refractivity contribution in [3.63, 3.8) is 0 Å². The van der Waals surface area contributed by atoms with Crippen molar-refractivity contribution in [2.45, 2.75) is 16.9 Å². The monoisotopic (exact) mass is 414 g/mol. The molecule has 1 aliphatic heterocycles. The highest BCUT2D eigenvalue weighted by Crippen LogP contribution is 2.34. The minimum Gasteiger partial charge on any atom is -0.491 e. The van der Waals surface area contributed by atoms with E-state index >= 15 is 0 Å². The lowest BCUT2D eigenvalue weighted by molar-refractivity contribution is 0.0942. The first-order chi connectivity index (χ1) is 14.8. The van der Waals surface area contributed by atoms with Crippen molar-refractivity contribution in [1.82, 2.24) is 9.97 Å². The number of hydrogen-bond donors (Lipinski definition) is 0. The number of fused-ring (bicyclic) bond motifs is 2. The number of carbonyl (C=O) groups excluding carboxylic acids is 1. The molecule has 148 valence electrons. The van der Waals surface area contributed by atoms with Crippen LogP contribution in [0.25, 0.3) is 10.9 Å². The lowest BCUT2D eigenvalue weighted by Gasteiger charge is -2.23. The number of pyridine rings is 2. The number of thioether (sulfide) groups is 1. The smallest absolute Gasteiger partial charge is 0.183 e. The highest BCUT2D eigenvalue weighted by atomic mass is 32.2. The minimum absolute atomic E-state index is 0.0289. The van der Waals surface area contributed by atoms with Crippen molar-refractivity contribution < 1.29 is 14.3 Å². The van der Waals surface area contributed by atoms with Gasteiger partial charge in [-0.3, -0.25) is 4.79 Å². The number of ether oxygens (including phenoxy) is 2. The number of rotatable bonds is 5. The Morgan fingerprint density at radius 3 is 2.83 bits per heavy atom. The van der Waals surface area contributed by atoms with Crippen molar-refractivity contribution in [1.29, 1.82) is 0 Å². The Labute approximate surface area is 178 Å². The van der Waals surface area contributed by atoms with Crippen molar-refractivity contribution in [2.75, 3.05) is 6.61 Å². The van der Waals surface area contributed by atoms with Crippen LogP contribution in [0, 0.1) is 0 Å². The molecule has 2 aromatic carbocycles. The molecular formula is C24H18N2O3S. The normalized spacial score (nSPS) is 15.5. The number of aromatic nitrogens is 2. The van der Waals surface area contributed by atoms with Gasteiger partial charge in [0.1, 0.15) is 30.0 Å². The summed E-state index contributed by atoms with van der Waals surface area (Å²) in [5, 5.41) is 1.57. The summed E-state index contributed by atoms with van der Waals surface area (Å²) in [6.45, 7) is 0.652. The molecule has 0 saturated heterocycles. The largest absolute Gasteiger partial charge is 0.491 e. The van der Waals surface area contributed by atoms with Crippen LogP contribution in [-0.4, -0.2) is 27.6 Å². The Balaban J connectivity index is 1.31. The molecule has 5 rings (SSSR count). The fourth-order valence-electron chi connectivity index (χ4n) is 3.33. The summed E-state index contributed by atoms with van der Waals surface area (Å²) in [7, 11) is 0. The van der Waals surface area contributed by atoms with Gasteiger partial charge in [-0.15, -0.1) is 0 Å². The van der Waals surface area contributed by atoms with Crippen LogP contribution in [0.4, 0.5) is 0 Å². The first kappa shape index (κ1) is 18.6. The SMILES string of the molecule is O=C1c2cc(OCc3ccc4ccccc4n3)ccc2OCC1Sc1ccccn1. The van der Waals surface area contributed by atoms with E-state index in [2.05, 4.69) is 9.97 Å². The number of nitrogens with zero attached hydrogens (tertiary/aromatic N) is 2. The van der Waals surface area contributed by atoms with Gasteiger partial charge >= 0.3 is 0 Å². The molecule has 0 bridgehead atoms. The van der Waals surface area contributed by atoms with Crippen molar-refractivity contribution in [2.24, 2.45) is 0 Å². The van der Waals surface area contributed by atoms with E-state index in [1.165, 1.54) is 11.8 Å². The van der Waals surface area contributed by atoms with Crippen LogP contribution in [0.3, 0.4) is 0 Å². The van der Waals surface area contributed by atoms with Gasteiger partial charge in [0.2, 0.25) is 0 Å². The lowest BCUT2D eigenvalue weighted by atomic mass is 10.0. The molecule has 2 aromatic heterocycles. The molecule has 30 heavy (non-hydrogen) atoms. The second-order valence-electron chi connectivity index (χ2n) is 6.89. The van der Waals surface area contributed by atoms with Crippen LogP contribution in [0.15, 0.2) is 84.0 Å². The summed E-state index contributed by atoms with van der Waals surface area (Å²) in [4.78, 5) is 21.9. The van der Waals surface area contributed by atoms with E-state index in [1.807, 2.05) is 60.7 Å². The number of benzene rings is 2. The summed E-state index contributed by atoms with van der Waals surface area (Å²) in [5.74, 6) is 1.24. The molecule has 5 nitrogen and oxygen atoms in total. The van der Waals surface area contributed by atoms with Gasteiger partial charge in [0.05, 0.1) is 21.8 Å². The highest BCUT2D eigenvalue weighted by molar-refractivity contribution is 8.00. The fraction of sp³-hybridized carbons (Fsp3) is 0.125. The van der Waals surface area contributed by atoms with Crippen molar-refractivity contribution >= 4 is 28.4 Å². The zero-order valence-electron chi connectivity index (χ0n) is 16.0. The third-order valence-corrected chi connectivity index (χ3v) is 5.96. The van der Waals surface area contributed by atoms with Crippen LogP contribution in [-0.2, 0) is 6.61 Å². The zero-order chi connectivity index (χ0) is 20.3. The first-order valence-corrected chi connectivity index (χ1v) is 10.5. The third kappa shape index (κ3) is 3.86. The second kappa shape index (κ2) is 8.16. The van der Waals surface area contributed by atoms with Crippen LogP contribution < -0.4 is 9.47 Å². The highest BCUT2D eigenvalue weighted by Gasteiger charge is 2.30. The number of Topliss-reactive ketones (excluding diaryl/α,β-unsaturated/α-hetero) is 1. The van der Waals surface area contributed by atoms with Crippen LogP contribution >= 0.6 is 11.8 Å². The standard InChI is InChI=1S/C24H18N2O3S/c27-24-19-13-18(28-14-17-9-8-16-5-1-2-6-20(16)26-17)10-11-21(19)29-15-22(24)30-23-7-3-4-12-25-23/h1-13,22H,14-15H2. The van der Waals surface area contributed by atoms with E-state index in [9.17, 15) is 4.79 Å². The molecular weight excluding hydrogens is 396 g/mol. The Morgan fingerprint density at radius 1 is 1.03 bits per heavy atom. The predicted molar refractivity (Wildman–Crippen MR) is 116 cm³/mol. The molecule has 1 atom stereocenters. The average molecular weight is 414 g/mol. The first-order valence-electron chi connectivity index (χ1n) is 9.62. The van der Waals surface area contributed by atoms with Gasteiger partial charge in [-0.05, 0) is 42.5 Å². The van der Waals surface area contributed by atoms with E-state index in [1.54, 1.807) is 18.3 Å². The van der Waals surface area contributed by atoms with Crippen LogP contribution in [0.5, 0.6) is 11.5 Å². The molecule has 1 aliphatic rings. The minimum atomic E-state index is -0.329. The van der Waals surface area contributed by atoms with Crippen LogP contribution in [0.2, 0.25) is 0 Å². The Hall–Kier alpha value is -3.38. The van der Waals surface area contributed by atoms with E-state index in [0.717, 1.165) is 21.6 Å². The molecule has 1 unspecified atom stereocenters. The maximum Gasteiger partial charge on any atom is 0.183 e. The molecule has 0 fully saturated rings. The Kier molecular flexibility index (Phi) is 5.07. The van der Waals surface area contributed by atoms with Gasteiger partial charge in [-0.2, -0.15) is 0 Å². The second-order valence-corrected chi connectivity index (χ2v) is 8.11. The molecule has 0 radical (unpaired) electrons. The molecule has 0 amide bonds. The van der Waals surface area contributed by atoms with Gasteiger partial charge in [0, 0.05) is 11.6 Å². The summed E-state index contributed by atoms with van der Waals surface area (Å²) < 4.78 is 11.7. The topological polar surface area (TPSA) is 61.3 Å². The number of carbonyl (C=O) groups is 1. The van der Waals surface area contributed by atoms with Gasteiger partial charge < -0.3 is 9.47 Å². The summed E-state index contributed by atoms with van der Waals surface area (Å²) in [6.07, 6.45) is 1.72. The summed E-state index contributed by atoms with van der Waals surface area (Å²) in [5.41, 5.74) is 2.30. The van der Waals surface area contributed by atoms with Crippen LogP contribution in [0.1, 0.15) is 16.1 Å². The maximum absolute atomic E-state index is 13.0. The van der Waals surface area contributed by atoms with Gasteiger partial charge in [0.25, 0.3) is 0 Å². The quantitative estimate of drug-likeness (QED) is 0.461. The van der Waals surface area contributed by atoms with Gasteiger partial charge in [0.15, 0.2) is 5.78 Å². The predicted octanol–water partition coefficient (Wildman–Crippen LogP) is 4.94.